The molecule has 0 fully saturated rings. The van der Waals surface area contributed by atoms with Crippen molar-refractivity contribution >= 4 is 28.8 Å². The number of hydrogen-bond donors (Lipinski definition) is 1. The number of hydrogen-bond acceptors (Lipinski definition) is 7. The number of carbonyl (C=O) groups is 1. The van der Waals surface area contributed by atoms with Crippen LogP contribution in [0.2, 0.25) is 0 Å². The summed E-state index contributed by atoms with van der Waals surface area (Å²) < 4.78 is 6.91. The molecule has 0 unspecified atom stereocenters. The third kappa shape index (κ3) is 3.02. The molecule has 0 aliphatic carbocycles. The second-order valence-electron chi connectivity index (χ2n) is 4.18. The Morgan fingerprint density at radius 1 is 1.48 bits per heavy atom. The molecular formula is C12H11N5O3S. The van der Waals surface area contributed by atoms with Crippen molar-refractivity contribution < 1.29 is 14.4 Å². The average molecular weight is 305 g/mol. The molecule has 8 nitrogen and oxygen atoms in total. The molecule has 0 aliphatic heterocycles. The Kier molecular flexibility index (Phi) is 3.82. The lowest BCUT2D eigenvalue weighted by Gasteiger charge is -2.06. The van der Waals surface area contributed by atoms with E-state index in [2.05, 4.69) is 20.1 Å². The van der Waals surface area contributed by atoms with Gasteiger partial charge < -0.3 is 14.2 Å². The summed E-state index contributed by atoms with van der Waals surface area (Å²) in [4.78, 5) is 23.2. The normalized spacial score (nSPS) is 11.0. The minimum absolute atomic E-state index is 0.0443. The Bertz CT molecular complexity index is 755. The van der Waals surface area contributed by atoms with E-state index in [1.165, 1.54) is 18.1 Å². The first-order valence-electron chi connectivity index (χ1n) is 6.14. The fourth-order valence-corrected chi connectivity index (χ4v) is 2.69. The van der Waals surface area contributed by atoms with Crippen LogP contribution in [0.4, 0.5) is 0 Å². The molecule has 3 aromatic rings. The Labute approximate surface area is 123 Å². The lowest BCUT2D eigenvalue weighted by atomic mass is 10.4. The van der Waals surface area contributed by atoms with E-state index in [1.807, 2.05) is 10.6 Å². The van der Waals surface area contributed by atoms with Gasteiger partial charge in [-0.25, -0.2) is 4.98 Å². The van der Waals surface area contributed by atoms with Gasteiger partial charge in [-0.05, 0) is 6.07 Å². The lowest BCUT2D eigenvalue weighted by Crippen LogP contribution is -2.05. The van der Waals surface area contributed by atoms with Crippen molar-refractivity contribution in [2.75, 3.05) is 5.75 Å². The van der Waals surface area contributed by atoms with Crippen LogP contribution in [0.25, 0.3) is 11.0 Å². The molecular weight excluding hydrogens is 294 g/mol. The molecule has 1 N–H and O–H groups in total. The maximum atomic E-state index is 10.7. The summed E-state index contributed by atoms with van der Waals surface area (Å²) in [5.41, 5.74) is 1.63. The van der Waals surface area contributed by atoms with Gasteiger partial charge in [0, 0.05) is 19.2 Å². The number of aryl methyl sites for hydroxylation is 2. The van der Waals surface area contributed by atoms with Crippen LogP contribution in [-0.4, -0.2) is 41.5 Å². The summed E-state index contributed by atoms with van der Waals surface area (Å²) in [7, 11) is 0. The zero-order chi connectivity index (χ0) is 14.7. The fraction of sp³-hybridized carbons (Fsp3) is 0.250. The van der Waals surface area contributed by atoms with Crippen molar-refractivity contribution in [2.45, 2.75) is 18.1 Å². The van der Waals surface area contributed by atoms with Gasteiger partial charge in [-0.1, -0.05) is 16.9 Å². The van der Waals surface area contributed by atoms with E-state index in [1.54, 1.807) is 12.4 Å². The van der Waals surface area contributed by atoms with Crippen molar-refractivity contribution in [1.29, 1.82) is 0 Å². The summed E-state index contributed by atoms with van der Waals surface area (Å²) >= 11 is 1.18. The van der Waals surface area contributed by atoms with Crippen molar-refractivity contribution in [2.24, 2.45) is 0 Å². The number of carboxylic acid groups (broad SMARTS) is 1. The molecule has 3 heterocycles. The number of aliphatic carboxylic acids is 1. The Hall–Kier alpha value is -2.42. The number of carboxylic acids is 1. The highest BCUT2D eigenvalue weighted by Gasteiger charge is 2.13. The van der Waals surface area contributed by atoms with Gasteiger partial charge in [-0.2, -0.15) is 4.98 Å². The molecule has 0 bridgehead atoms. The molecule has 9 heteroatoms. The Morgan fingerprint density at radius 3 is 3.14 bits per heavy atom. The van der Waals surface area contributed by atoms with Crippen molar-refractivity contribution in [3.05, 3.63) is 30.7 Å². The monoisotopic (exact) mass is 305 g/mol. The van der Waals surface area contributed by atoms with E-state index in [0.29, 0.717) is 24.0 Å². The summed E-state index contributed by atoms with van der Waals surface area (Å²) in [6.07, 6.45) is 5.24. The number of thioether (sulfide) groups is 1. The highest BCUT2D eigenvalue weighted by atomic mass is 32.2. The van der Waals surface area contributed by atoms with Crippen LogP contribution in [0.15, 0.2) is 34.5 Å². The largest absolute Gasteiger partial charge is 0.481 e. The topological polar surface area (TPSA) is 107 Å². The smallest absolute Gasteiger partial charge is 0.313 e. The van der Waals surface area contributed by atoms with Crippen LogP contribution < -0.4 is 0 Å². The number of nitrogens with zero attached hydrogens (tertiary/aromatic N) is 5. The molecule has 0 radical (unpaired) electrons. The first kappa shape index (κ1) is 13.6. The minimum Gasteiger partial charge on any atom is -0.481 e. The molecule has 0 spiro atoms. The highest BCUT2D eigenvalue weighted by molar-refractivity contribution is 7.99. The van der Waals surface area contributed by atoms with Gasteiger partial charge in [-0.3, -0.25) is 9.78 Å². The van der Waals surface area contributed by atoms with Gasteiger partial charge in [0.2, 0.25) is 5.89 Å². The molecule has 0 aliphatic rings. The third-order valence-electron chi connectivity index (χ3n) is 2.80. The quantitative estimate of drug-likeness (QED) is 0.678. The standard InChI is InChI=1S/C12H11N5O3S/c18-11(19)6-21-12-16-8-5-13-3-1-9(8)17(12)4-2-10-14-7-15-20-10/h1,3,5,7H,2,4,6H2,(H,18,19). The first-order valence-corrected chi connectivity index (χ1v) is 7.13. The Morgan fingerprint density at radius 2 is 2.38 bits per heavy atom. The second-order valence-corrected chi connectivity index (χ2v) is 5.12. The summed E-state index contributed by atoms with van der Waals surface area (Å²) in [6, 6.07) is 1.85. The van der Waals surface area contributed by atoms with Crippen LogP contribution in [0.3, 0.4) is 0 Å². The molecule has 0 atom stereocenters. The van der Waals surface area contributed by atoms with Crippen molar-refractivity contribution in [1.82, 2.24) is 24.7 Å². The zero-order valence-electron chi connectivity index (χ0n) is 10.8. The predicted octanol–water partition coefficient (Wildman–Crippen LogP) is 1.23. The van der Waals surface area contributed by atoms with E-state index in [-0.39, 0.29) is 5.75 Å². The first-order chi connectivity index (χ1) is 10.2. The summed E-state index contributed by atoms with van der Waals surface area (Å²) in [5, 5.41) is 13.0. The number of rotatable bonds is 6. The maximum Gasteiger partial charge on any atom is 0.313 e. The van der Waals surface area contributed by atoms with E-state index >= 15 is 0 Å². The fourth-order valence-electron chi connectivity index (χ4n) is 1.93. The van der Waals surface area contributed by atoms with Gasteiger partial charge in [0.05, 0.1) is 17.5 Å². The molecule has 0 aromatic carbocycles. The van der Waals surface area contributed by atoms with Gasteiger partial charge in [0.25, 0.3) is 0 Å². The van der Waals surface area contributed by atoms with E-state index in [0.717, 1.165) is 11.0 Å². The summed E-state index contributed by atoms with van der Waals surface area (Å²) in [5.74, 6) is -0.397. The SMILES string of the molecule is O=C(O)CSc1nc2cnccc2n1CCc1ncno1. The average Bonchev–Trinajstić information content (AvgIpc) is 3.10. The molecule has 3 aromatic heterocycles. The third-order valence-corrected chi connectivity index (χ3v) is 3.76. The van der Waals surface area contributed by atoms with Gasteiger partial charge in [-0.15, -0.1) is 0 Å². The van der Waals surface area contributed by atoms with Crippen molar-refractivity contribution in [3.8, 4) is 0 Å². The van der Waals surface area contributed by atoms with Crippen LogP contribution in [0.1, 0.15) is 5.89 Å². The molecule has 0 amide bonds. The Balaban J connectivity index is 1.89. The van der Waals surface area contributed by atoms with Gasteiger partial charge >= 0.3 is 5.97 Å². The molecule has 0 saturated carbocycles. The van der Waals surface area contributed by atoms with Gasteiger partial charge in [0.15, 0.2) is 11.5 Å². The van der Waals surface area contributed by atoms with Crippen LogP contribution in [0.5, 0.6) is 0 Å². The number of fused-ring (bicyclic) bond motifs is 1. The van der Waals surface area contributed by atoms with E-state index in [9.17, 15) is 4.79 Å². The van der Waals surface area contributed by atoms with Crippen LogP contribution in [0, 0.1) is 0 Å². The van der Waals surface area contributed by atoms with Crippen molar-refractivity contribution in [3.63, 3.8) is 0 Å². The van der Waals surface area contributed by atoms with E-state index < -0.39 is 5.97 Å². The number of pyridine rings is 1. The van der Waals surface area contributed by atoms with Crippen LogP contribution >= 0.6 is 11.8 Å². The molecule has 0 saturated heterocycles. The van der Waals surface area contributed by atoms with Gasteiger partial charge in [0.1, 0.15) is 5.52 Å². The van der Waals surface area contributed by atoms with E-state index in [4.69, 9.17) is 9.63 Å². The maximum absolute atomic E-state index is 10.7. The highest BCUT2D eigenvalue weighted by Crippen LogP contribution is 2.23. The molecule has 108 valence electrons. The zero-order valence-corrected chi connectivity index (χ0v) is 11.7. The lowest BCUT2D eigenvalue weighted by molar-refractivity contribution is -0.133. The number of aromatic nitrogens is 5. The van der Waals surface area contributed by atoms with Crippen LogP contribution in [-0.2, 0) is 17.8 Å². The molecule has 21 heavy (non-hydrogen) atoms. The number of imidazole rings is 1. The molecule has 3 rings (SSSR count). The summed E-state index contributed by atoms with van der Waals surface area (Å²) in [6.45, 7) is 0.574. The minimum atomic E-state index is -0.881. The second kappa shape index (κ2) is 5.92. The predicted molar refractivity (Wildman–Crippen MR) is 73.9 cm³/mol.